The van der Waals surface area contributed by atoms with Crippen molar-refractivity contribution in [2.24, 2.45) is 5.92 Å². The maximum absolute atomic E-state index is 14.5. The van der Waals surface area contributed by atoms with Crippen molar-refractivity contribution in [3.8, 4) is 34.2 Å². The Kier molecular flexibility index (Phi) is 6.63. The van der Waals surface area contributed by atoms with Gasteiger partial charge in [-0.2, -0.15) is 5.26 Å². The first-order chi connectivity index (χ1) is 17.8. The van der Waals surface area contributed by atoms with Gasteiger partial charge in [0.05, 0.1) is 16.8 Å². The molecule has 0 aliphatic carbocycles. The maximum atomic E-state index is 14.5. The van der Waals surface area contributed by atoms with E-state index in [1.807, 2.05) is 0 Å². The molecule has 0 spiro atoms. The number of ether oxygens (including phenoxy) is 1. The van der Waals surface area contributed by atoms with Crippen LogP contribution in [-0.2, 0) is 0 Å². The number of benzene rings is 3. The van der Waals surface area contributed by atoms with Crippen LogP contribution in [0.15, 0.2) is 60.7 Å². The lowest BCUT2D eigenvalue weighted by Gasteiger charge is -2.15. The van der Waals surface area contributed by atoms with E-state index in [1.165, 1.54) is 30.3 Å². The van der Waals surface area contributed by atoms with E-state index in [0.717, 1.165) is 19.5 Å². The Morgan fingerprint density at radius 2 is 1.86 bits per heavy atom. The Morgan fingerprint density at radius 1 is 1.05 bits per heavy atom. The molecule has 0 unspecified atom stereocenters. The van der Waals surface area contributed by atoms with E-state index in [1.54, 1.807) is 36.4 Å². The normalized spacial score (nSPS) is 15.5. The highest BCUT2D eigenvalue weighted by Gasteiger charge is 2.32. The fourth-order valence-electron chi connectivity index (χ4n) is 4.39. The van der Waals surface area contributed by atoms with Crippen LogP contribution < -0.4 is 15.4 Å². The lowest BCUT2D eigenvalue weighted by molar-refractivity contribution is -0.274. The molecule has 188 valence electrons. The molecule has 37 heavy (non-hydrogen) atoms. The molecule has 2 heterocycles. The van der Waals surface area contributed by atoms with Gasteiger partial charge in [0.25, 0.3) is 0 Å². The molecule has 0 radical (unpaired) electrons. The van der Waals surface area contributed by atoms with Gasteiger partial charge in [-0.3, -0.25) is 0 Å². The standard InChI is InChI=1S/C27H21F4N5O/c28-22-12-18(5-6-19(22)13-32)25-21-11-17(20-3-1-2-4-24(20)37-27(29,30)31)7-8-23(21)35-26(36-25)34-15-16-9-10-33-14-16/h1-8,11-12,16,33H,9-10,14-15H2,(H,34,35,36)/t16-/m0/s1. The third-order valence-electron chi connectivity index (χ3n) is 6.19. The zero-order valence-electron chi connectivity index (χ0n) is 19.4. The fraction of sp³-hybridized carbons (Fsp3) is 0.222. The van der Waals surface area contributed by atoms with Crippen molar-refractivity contribution in [3.05, 3.63) is 72.0 Å². The van der Waals surface area contributed by atoms with Gasteiger partial charge in [0.1, 0.15) is 17.6 Å². The number of nitriles is 1. The van der Waals surface area contributed by atoms with Gasteiger partial charge in [-0.1, -0.05) is 30.3 Å². The molecule has 6 nitrogen and oxygen atoms in total. The average Bonchev–Trinajstić information content (AvgIpc) is 3.40. The molecule has 1 aliphatic rings. The molecule has 5 rings (SSSR count). The monoisotopic (exact) mass is 507 g/mol. The van der Waals surface area contributed by atoms with Crippen LogP contribution in [0.5, 0.6) is 5.75 Å². The number of halogens is 4. The first-order valence-corrected chi connectivity index (χ1v) is 11.6. The average molecular weight is 507 g/mol. The summed E-state index contributed by atoms with van der Waals surface area (Å²) in [6, 6.07) is 16.8. The zero-order valence-corrected chi connectivity index (χ0v) is 19.4. The summed E-state index contributed by atoms with van der Waals surface area (Å²) < 4.78 is 57.7. The summed E-state index contributed by atoms with van der Waals surface area (Å²) in [5.74, 6) is -0.265. The SMILES string of the molecule is N#Cc1ccc(-c2nc(NC[C@H]3CCNC3)nc3ccc(-c4ccccc4OC(F)(F)F)cc23)cc1F. The lowest BCUT2D eigenvalue weighted by atomic mass is 9.99. The van der Waals surface area contributed by atoms with Crippen molar-refractivity contribution in [2.75, 3.05) is 25.0 Å². The van der Waals surface area contributed by atoms with Crippen LogP contribution in [-0.4, -0.2) is 36.0 Å². The summed E-state index contributed by atoms with van der Waals surface area (Å²) in [4.78, 5) is 9.24. The first kappa shape index (κ1) is 24.5. The quantitative estimate of drug-likeness (QED) is 0.317. The number of alkyl halides is 3. The summed E-state index contributed by atoms with van der Waals surface area (Å²) >= 11 is 0. The van der Waals surface area contributed by atoms with Gasteiger partial charge in [-0.05, 0) is 61.3 Å². The van der Waals surface area contributed by atoms with Crippen LogP contribution in [0.1, 0.15) is 12.0 Å². The molecule has 0 saturated carbocycles. The maximum Gasteiger partial charge on any atom is 0.573 e. The molecule has 1 saturated heterocycles. The van der Waals surface area contributed by atoms with Crippen molar-refractivity contribution in [1.82, 2.24) is 15.3 Å². The number of hydrogen-bond donors (Lipinski definition) is 2. The Morgan fingerprint density at radius 3 is 2.59 bits per heavy atom. The van der Waals surface area contributed by atoms with E-state index in [9.17, 15) is 17.6 Å². The third-order valence-corrected chi connectivity index (χ3v) is 6.19. The largest absolute Gasteiger partial charge is 0.573 e. The fourth-order valence-corrected chi connectivity index (χ4v) is 4.39. The summed E-state index contributed by atoms with van der Waals surface area (Å²) in [7, 11) is 0. The van der Waals surface area contributed by atoms with Crippen molar-refractivity contribution in [1.29, 1.82) is 5.26 Å². The number of rotatable bonds is 6. The van der Waals surface area contributed by atoms with Crippen LogP contribution in [0.2, 0.25) is 0 Å². The Balaban J connectivity index is 1.62. The van der Waals surface area contributed by atoms with E-state index in [0.29, 0.717) is 46.1 Å². The molecule has 1 atom stereocenters. The van der Waals surface area contributed by atoms with Gasteiger partial charge in [-0.25, -0.2) is 14.4 Å². The predicted octanol–water partition coefficient (Wildman–Crippen LogP) is 5.89. The molecule has 1 aromatic heterocycles. The highest BCUT2D eigenvalue weighted by molar-refractivity contribution is 5.96. The van der Waals surface area contributed by atoms with Gasteiger partial charge >= 0.3 is 6.36 Å². The van der Waals surface area contributed by atoms with Crippen LogP contribution in [0.25, 0.3) is 33.3 Å². The highest BCUT2D eigenvalue weighted by Crippen LogP contribution is 2.37. The molecule has 10 heteroatoms. The van der Waals surface area contributed by atoms with Crippen molar-refractivity contribution < 1.29 is 22.3 Å². The van der Waals surface area contributed by atoms with Crippen LogP contribution in [0.3, 0.4) is 0 Å². The molecule has 1 aliphatic heterocycles. The molecule has 0 amide bonds. The number of nitrogens with zero attached hydrogens (tertiary/aromatic N) is 3. The lowest BCUT2D eigenvalue weighted by Crippen LogP contribution is -2.18. The Hall–Kier alpha value is -4.23. The molecule has 3 aromatic carbocycles. The molecule has 4 aromatic rings. The van der Waals surface area contributed by atoms with Crippen LogP contribution in [0, 0.1) is 23.1 Å². The molecule has 1 fully saturated rings. The number of fused-ring (bicyclic) bond motifs is 1. The van der Waals surface area contributed by atoms with Crippen LogP contribution in [0.4, 0.5) is 23.5 Å². The molecular weight excluding hydrogens is 486 g/mol. The number of hydrogen-bond acceptors (Lipinski definition) is 6. The summed E-state index contributed by atoms with van der Waals surface area (Å²) in [5, 5.41) is 16.2. The Labute approximate surface area is 209 Å². The second-order valence-corrected chi connectivity index (χ2v) is 8.72. The van der Waals surface area contributed by atoms with Crippen molar-refractivity contribution in [3.63, 3.8) is 0 Å². The third kappa shape index (κ3) is 5.47. The highest BCUT2D eigenvalue weighted by atomic mass is 19.4. The second kappa shape index (κ2) is 10.0. The van der Waals surface area contributed by atoms with Gasteiger partial charge < -0.3 is 15.4 Å². The minimum absolute atomic E-state index is 0.104. The van der Waals surface area contributed by atoms with E-state index in [4.69, 9.17) is 5.26 Å². The van der Waals surface area contributed by atoms with E-state index in [-0.39, 0.29) is 16.9 Å². The number of anilines is 1. The molecule has 2 N–H and O–H groups in total. The smallest absolute Gasteiger partial charge is 0.405 e. The predicted molar refractivity (Wildman–Crippen MR) is 131 cm³/mol. The van der Waals surface area contributed by atoms with Crippen molar-refractivity contribution in [2.45, 2.75) is 12.8 Å². The van der Waals surface area contributed by atoms with E-state index >= 15 is 0 Å². The van der Waals surface area contributed by atoms with Crippen molar-refractivity contribution >= 4 is 16.9 Å². The minimum atomic E-state index is -4.85. The first-order valence-electron chi connectivity index (χ1n) is 11.6. The van der Waals surface area contributed by atoms with Gasteiger partial charge in [0.2, 0.25) is 5.95 Å². The number of aromatic nitrogens is 2. The summed E-state index contributed by atoms with van der Waals surface area (Å²) in [5.41, 5.74) is 1.90. The van der Waals surface area contributed by atoms with Gasteiger partial charge in [0, 0.05) is 23.1 Å². The van der Waals surface area contributed by atoms with Gasteiger partial charge in [0.15, 0.2) is 0 Å². The minimum Gasteiger partial charge on any atom is -0.405 e. The van der Waals surface area contributed by atoms with Crippen LogP contribution >= 0.6 is 0 Å². The number of nitrogens with one attached hydrogen (secondary N) is 2. The molecule has 0 bridgehead atoms. The summed E-state index contributed by atoms with van der Waals surface area (Å²) in [6.45, 7) is 2.49. The summed E-state index contributed by atoms with van der Waals surface area (Å²) in [6.07, 6.45) is -3.83. The Bertz CT molecular complexity index is 1490. The van der Waals surface area contributed by atoms with E-state index in [2.05, 4.69) is 25.3 Å². The second-order valence-electron chi connectivity index (χ2n) is 8.72. The zero-order chi connectivity index (χ0) is 26.0. The van der Waals surface area contributed by atoms with Gasteiger partial charge in [-0.15, -0.1) is 13.2 Å². The van der Waals surface area contributed by atoms with E-state index < -0.39 is 12.2 Å². The number of para-hydroxylation sites is 1. The topological polar surface area (TPSA) is 82.9 Å². The molecular formula is C27H21F4N5O.